The second-order valence-corrected chi connectivity index (χ2v) is 5.64. The molecule has 0 aliphatic carbocycles. The van der Waals surface area contributed by atoms with Crippen LogP contribution in [0.4, 0.5) is 0 Å². The Morgan fingerprint density at radius 2 is 2.04 bits per heavy atom. The Morgan fingerprint density at radius 1 is 1.30 bits per heavy atom. The van der Waals surface area contributed by atoms with Crippen LogP contribution in [-0.2, 0) is 0 Å². The van der Waals surface area contributed by atoms with E-state index in [1.54, 1.807) is 12.1 Å². The van der Waals surface area contributed by atoms with Crippen LogP contribution >= 0.6 is 11.6 Å². The van der Waals surface area contributed by atoms with Crippen molar-refractivity contribution in [3.63, 3.8) is 0 Å². The Bertz CT molecular complexity index is 916. The van der Waals surface area contributed by atoms with Crippen LogP contribution in [-0.4, -0.2) is 22.6 Å². The topological polar surface area (TPSA) is 88.0 Å². The number of fused-ring (bicyclic) bond motifs is 1. The van der Waals surface area contributed by atoms with Crippen LogP contribution in [0, 0.1) is 0 Å². The van der Waals surface area contributed by atoms with Gasteiger partial charge in [0.25, 0.3) is 5.91 Å². The Labute approximate surface area is 136 Å². The fourth-order valence-corrected chi connectivity index (χ4v) is 2.58. The van der Waals surface area contributed by atoms with Crippen molar-refractivity contribution < 1.29 is 9.32 Å². The summed E-state index contributed by atoms with van der Waals surface area (Å²) in [5.41, 5.74) is 0.547. The first kappa shape index (κ1) is 15.3. The number of nitrogens with zero attached hydrogens (tertiary/aromatic N) is 1. The van der Waals surface area contributed by atoms with Gasteiger partial charge >= 0.3 is 5.76 Å². The summed E-state index contributed by atoms with van der Waals surface area (Å²) in [5.74, 6) is -0.599. The molecule has 0 radical (unpaired) electrons. The lowest BCUT2D eigenvalue weighted by atomic mass is 10.0. The second kappa shape index (κ2) is 6.26. The first-order valence-corrected chi connectivity index (χ1v) is 7.45. The zero-order valence-corrected chi connectivity index (χ0v) is 13.1. The predicted octanol–water partition coefficient (Wildman–Crippen LogP) is 2.70. The van der Waals surface area contributed by atoms with Gasteiger partial charge in [-0.15, -0.1) is 0 Å². The predicted molar refractivity (Wildman–Crippen MR) is 86.8 cm³/mol. The highest BCUT2D eigenvalue weighted by Crippen LogP contribution is 2.26. The minimum atomic E-state index is -0.609. The number of rotatable bonds is 4. The number of H-pyrrole nitrogens is 1. The van der Waals surface area contributed by atoms with E-state index in [9.17, 15) is 9.59 Å². The van der Waals surface area contributed by atoms with Gasteiger partial charge in [-0.25, -0.2) is 4.79 Å². The van der Waals surface area contributed by atoms with Crippen LogP contribution in [0.5, 0.6) is 0 Å². The van der Waals surface area contributed by atoms with Gasteiger partial charge in [0, 0.05) is 28.4 Å². The molecule has 0 saturated heterocycles. The molecule has 0 fully saturated rings. The van der Waals surface area contributed by atoms with Crippen molar-refractivity contribution in [2.45, 2.75) is 12.8 Å². The van der Waals surface area contributed by atoms with Gasteiger partial charge in [0.05, 0.1) is 0 Å². The standard InChI is InChI=1S/C16H14ClN3O3/c1-9(14-19-16(22)23-20-14)8-18-15(21)12-6-7-13(17)11-5-3-2-4-10(11)12/h2-7,9H,8H2,1H3,(H,18,21)(H,19,20,22). The van der Waals surface area contributed by atoms with Crippen molar-refractivity contribution in [2.24, 2.45) is 0 Å². The molecule has 1 heterocycles. The highest BCUT2D eigenvalue weighted by Gasteiger charge is 2.15. The van der Waals surface area contributed by atoms with E-state index in [-0.39, 0.29) is 11.8 Å². The van der Waals surface area contributed by atoms with Gasteiger partial charge in [-0.3, -0.25) is 14.3 Å². The van der Waals surface area contributed by atoms with Crippen LogP contribution in [0.15, 0.2) is 45.7 Å². The minimum Gasteiger partial charge on any atom is -0.351 e. The molecule has 118 valence electrons. The number of amides is 1. The summed E-state index contributed by atoms with van der Waals surface area (Å²) in [5, 5.41) is 8.67. The quantitative estimate of drug-likeness (QED) is 0.769. The molecule has 2 aromatic carbocycles. The molecule has 3 rings (SSSR count). The lowest BCUT2D eigenvalue weighted by Gasteiger charge is -2.11. The van der Waals surface area contributed by atoms with E-state index < -0.39 is 5.76 Å². The lowest BCUT2D eigenvalue weighted by molar-refractivity contribution is 0.0953. The van der Waals surface area contributed by atoms with Crippen LogP contribution in [0.25, 0.3) is 10.8 Å². The summed E-state index contributed by atoms with van der Waals surface area (Å²) >= 11 is 6.16. The number of aromatic nitrogens is 2. The molecule has 1 amide bonds. The van der Waals surface area contributed by atoms with Gasteiger partial charge in [0.2, 0.25) is 0 Å². The number of benzene rings is 2. The number of halogens is 1. The van der Waals surface area contributed by atoms with Gasteiger partial charge in [-0.05, 0) is 17.5 Å². The van der Waals surface area contributed by atoms with Crippen LogP contribution < -0.4 is 11.1 Å². The molecule has 6 nitrogen and oxygen atoms in total. The van der Waals surface area contributed by atoms with E-state index in [0.717, 1.165) is 10.8 Å². The van der Waals surface area contributed by atoms with Crippen molar-refractivity contribution in [2.75, 3.05) is 6.54 Å². The minimum absolute atomic E-state index is 0.177. The zero-order chi connectivity index (χ0) is 16.4. The number of nitrogens with one attached hydrogen (secondary N) is 2. The third-order valence-corrected chi connectivity index (χ3v) is 3.94. The van der Waals surface area contributed by atoms with Crippen molar-refractivity contribution in [3.8, 4) is 0 Å². The molecular weight excluding hydrogens is 318 g/mol. The van der Waals surface area contributed by atoms with Gasteiger partial charge in [-0.1, -0.05) is 47.9 Å². The van der Waals surface area contributed by atoms with Crippen molar-refractivity contribution in [3.05, 3.63) is 63.4 Å². The molecule has 1 unspecified atom stereocenters. The highest BCUT2D eigenvalue weighted by atomic mass is 35.5. The monoisotopic (exact) mass is 331 g/mol. The van der Waals surface area contributed by atoms with Crippen LogP contribution in [0.2, 0.25) is 5.02 Å². The van der Waals surface area contributed by atoms with Crippen molar-refractivity contribution in [1.29, 1.82) is 0 Å². The van der Waals surface area contributed by atoms with Gasteiger partial charge in [-0.2, -0.15) is 0 Å². The van der Waals surface area contributed by atoms with E-state index in [4.69, 9.17) is 11.6 Å². The van der Waals surface area contributed by atoms with Gasteiger partial charge in [0.1, 0.15) is 0 Å². The maximum Gasteiger partial charge on any atom is 0.438 e. The summed E-state index contributed by atoms with van der Waals surface area (Å²) in [7, 11) is 0. The van der Waals surface area contributed by atoms with Crippen LogP contribution in [0.1, 0.15) is 29.0 Å². The van der Waals surface area contributed by atoms with Crippen LogP contribution in [0.3, 0.4) is 0 Å². The molecule has 23 heavy (non-hydrogen) atoms. The average Bonchev–Trinajstić information content (AvgIpc) is 2.99. The normalized spacial score (nSPS) is 12.3. The largest absolute Gasteiger partial charge is 0.438 e. The van der Waals surface area contributed by atoms with E-state index >= 15 is 0 Å². The molecule has 1 aromatic heterocycles. The maximum atomic E-state index is 12.4. The number of carbonyl (C=O) groups excluding carboxylic acids is 1. The molecule has 7 heteroatoms. The smallest absolute Gasteiger partial charge is 0.351 e. The molecule has 3 aromatic rings. The molecule has 0 saturated carbocycles. The number of hydrogen-bond donors (Lipinski definition) is 2. The molecule has 0 aliphatic heterocycles. The first-order valence-electron chi connectivity index (χ1n) is 7.07. The zero-order valence-electron chi connectivity index (χ0n) is 12.3. The Morgan fingerprint density at radius 3 is 2.74 bits per heavy atom. The highest BCUT2D eigenvalue weighted by molar-refractivity contribution is 6.36. The number of carbonyl (C=O) groups is 1. The van der Waals surface area contributed by atoms with Gasteiger partial charge < -0.3 is 5.32 Å². The summed E-state index contributed by atoms with van der Waals surface area (Å²) in [4.78, 5) is 25.9. The second-order valence-electron chi connectivity index (χ2n) is 5.23. The Hall–Kier alpha value is -2.60. The SMILES string of the molecule is CC(CNC(=O)c1ccc(Cl)c2ccccc12)c1noc(=O)[nH]1. The number of aromatic amines is 1. The van der Waals surface area contributed by atoms with E-state index in [0.29, 0.717) is 23.0 Å². The summed E-state index contributed by atoms with van der Waals surface area (Å²) < 4.78 is 4.46. The fourth-order valence-electron chi connectivity index (χ4n) is 2.35. The fraction of sp³-hybridized carbons (Fsp3) is 0.188. The molecular formula is C16H14ClN3O3. The third kappa shape index (κ3) is 3.12. The summed E-state index contributed by atoms with van der Waals surface area (Å²) in [6, 6.07) is 10.9. The molecule has 1 atom stereocenters. The van der Waals surface area contributed by atoms with E-state index in [1.165, 1.54) is 0 Å². The van der Waals surface area contributed by atoms with Gasteiger partial charge in [0.15, 0.2) is 5.82 Å². The summed E-state index contributed by atoms with van der Waals surface area (Å²) in [6.07, 6.45) is 0. The Balaban J connectivity index is 1.79. The lowest BCUT2D eigenvalue weighted by Crippen LogP contribution is -2.28. The Kier molecular flexibility index (Phi) is 4.16. The molecule has 0 aliphatic rings. The van der Waals surface area contributed by atoms with Crippen molar-refractivity contribution in [1.82, 2.24) is 15.5 Å². The third-order valence-electron chi connectivity index (χ3n) is 3.61. The van der Waals surface area contributed by atoms with Crippen molar-refractivity contribution >= 4 is 28.3 Å². The molecule has 0 bridgehead atoms. The summed E-state index contributed by atoms with van der Waals surface area (Å²) in [6.45, 7) is 2.15. The molecule has 0 spiro atoms. The molecule has 2 N–H and O–H groups in total. The van der Waals surface area contributed by atoms with E-state index in [2.05, 4.69) is 20.0 Å². The average molecular weight is 332 g/mol. The van der Waals surface area contributed by atoms with E-state index in [1.807, 2.05) is 31.2 Å². The number of hydrogen-bond acceptors (Lipinski definition) is 4. The first-order chi connectivity index (χ1) is 11.1. The maximum absolute atomic E-state index is 12.4.